The largest absolute Gasteiger partial charge is 0.326 e. The summed E-state index contributed by atoms with van der Waals surface area (Å²) in [7, 11) is 0. The highest BCUT2D eigenvalue weighted by atomic mass is 32.1. The zero-order chi connectivity index (χ0) is 11.1. The van der Waals surface area contributed by atoms with Crippen molar-refractivity contribution in [2.75, 3.05) is 5.32 Å². The summed E-state index contributed by atoms with van der Waals surface area (Å²) < 4.78 is 0. The molecule has 0 bridgehead atoms. The molecule has 0 unspecified atom stereocenters. The van der Waals surface area contributed by atoms with Crippen molar-refractivity contribution < 1.29 is 4.79 Å². The van der Waals surface area contributed by atoms with Gasteiger partial charge in [0.25, 0.3) is 0 Å². The van der Waals surface area contributed by atoms with E-state index in [0.717, 1.165) is 11.3 Å². The highest BCUT2D eigenvalue weighted by Gasteiger charge is 2.17. The molecule has 1 amide bonds. The van der Waals surface area contributed by atoms with Crippen LogP contribution in [0.4, 0.5) is 5.69 Å². The maximum Gasteiger partial charge on any atom is 0.228 e. The van der Waals surface area contributed by atoms with Gasteiger partial charge in [0.15, 0.2) is 0 Å². The second-order valence-corrected chi connectivity index (χ2v) is 5.30. The summed E-state index contributed by atoms with van der Waals surface area (Å²) in [5.41, 5.74) is 3.25. The number of rotatable bonds is 1. The van der Waals surface area contributed by atoms with Gasteiger partial charge in [-0.1, -0.05) is 12.1 Å². The molecular formula is C13H11NOS. The van der Waals surface area contributed by atoms with E-state index in [-0.39, 0.29) is 5.91 Å². The third-order valence-corrected chi connectivity index (χ3v) is 3.81. The summed E-state index contributed by atoms with van der Waals surface area (Å²) in [5.74, 6) is 0.0921. The third-order valence-electron chi connectivity index (χ3n) is 2.76. The van der Waals surface area contributed by atoms with E-state index in [4.69, 9.17) is 0 Å². The summed E-state index contributed by atoms with van der Waals surface area (Å²) in [6.45, 7) is 2.10. The Labute approximate surface area is 97.9 Å². The van der Waals surface area contributed by atoms with Gasteiger partial charge in [0.1, 0.15) is 0 Å². The molecule has 0 spiro atoms. The van der Waals surface area contributed by atoms with Crippen molar-refractivity contribution in [2.45, 2.75) is 13.3 Å². The molecule has 1 N–H and O–H groups in total. The topological polar surface area (TPSA) is 29.1 Å². The molecule has 0 saturated carbocycles. The first-order valence-electron chi connectivity index (χ1n) is 5.22. The van der Waals surface area contributed by atoms with Crippen LogP contribution in [0.3, 0.4) is 0 Å². The van der Waals surface area contributed by atoms with Crippen LogP contribution in [0.1, 0.15) is 10.4 Å². The van der Waals surface area contributed by atoms with E-state index in [1.165, 1.54) is 15.3 Å². The molecule has 2 heterocycles. The first-order valence-corrected chi connectivity index (χ1v) is 6.03. The molecule has 3 rings (SSSR count). The Kier molecular flexibility index (Phi) is 2.07. The number of thiophene rings is 1. The van der Waals surface area contributed by atoms with Crippen LogP contribution >= 0.6 is 11.3 Å². The Morgan fingerprint density at radius 1 is 1.25 bits per heavy atom. The quantitative estimate of drug-likeness (QED) is 0.799. The Balaban J connectivity index is 2.05. The Hall–Kier alpha value is -1.61. The van der Waals surface area contributed by atoms with Crippen LogP contribution in [-0.2, 0) is 11.2 Å². The van der Waals surface area contributed by atoms with Crippen molar-refractivity contribution >= 4 is 22.9 Å². The number of carbonyl (C=O) groups is 1. The summed E-state index contributed by atoms with van der Waals surface area (Å²) >= 11 is 1.77. The summed E-state index contributed by atoms with van der Waals surface area (Å²) in [6.07, 6.45) is 0.513. The molecule has 80 valence electrons. The van der Waals surface area contributed by atoms with Crippen molar-refractivity contribution in [1.29, 1.82) is 0 Å². The molecule has 2 nitrogen and oxygen atoms in total. The van der Waals surface area contributed by atoms with Gasteiger partial charge in [-0.15, -0.1) is 11.3 Å². The summed E-state index contributed by atoms with van der Waals surface area (Å²) in [4.78, 5) is 13.8. The van der Waals surface area contributed by atoms with E-state index in [2.05, 4.69) is 36.5 Å². The molecule has 1 aliphatic rings. The fraction of sp³-hybridized carbons (Fsp3) is 0.154. The molecule has 1 aromatic heterocycles. The SMILES string of the molecule is Cc1ccc(-c2ccc3c(c2)NC(=O)C3)s1. The van der Waals surface area contributed by atoms with Gasteiger partial charge in [-0.2, -0.15) is 0 Å². The van der Waals surface area contributed by atoms with E-state index in [0.29, 0.717) is 6.42 Å². The highest BCUT2D eigenvalue weighted by molar-refractivity contribution is 7.15. The van der Waals surface area contributed by atoms with Gasteiger partial charge in [-0.3, -0.25) is 4.79 Å². The summed E-state index contributed by atoms with van der Waals surface area (Å²) in [6, 6.07) is 10.4. The smallest absolute Gasteiger partial charge is 0.228 e. The molecule has 3 heteroatoms. The van der Waals surface area contributed by atoms with E-state index < -0.39 is 0 Å². The lowest BCUT2D eigenvalue weighted by Gasteiger charge is -2.01. The first-order chi connectivity index (χ1) is 7.72. The van der Waals surface area contributed by atoms with Crippen molar-refractivity contribution in [3.05, 3.63) is 40.8 Å². The van der Waals surface area contributed by atoms with Gasteiger partial charge < -0.3 is 5.32 Å². The number of carbonyl (C=O) groups excluding carboxylic acids is 1. The second kappa shape index (κ2) is 3.46. The van der Waals surface area contributed by atoms with Crippen LogP contribution < -0.4 is 5.32 Å². The van der Waals surface area contributed by atoms with Crippen molar-refractivity contribution in [3.8, 4) is 10.4 Å². The second-order valence-electron chi connectivity index (χ2n) is 4.01. The molecular weight excluding hydrogens is 218 g/mol. The number of aryl methyl sites for hydroxylation is 1. The molecule has 0 saturated heterocycles. The van der Waals surface area contributed by atoms with E-state index in [1.54, 1.807) is 11.3 Å². The fourth-order valence-corrected chi connectivity index (χ4v) is 2.82. The lowest BCUT2D eigenvalue weighted by molar-refractivity contribution is -0.115. The van der Waals surface area contributed by atoms with Crippen LogP contribution in [0, 0.1) is 6.92 Å². The lowest BCUT2D eigenvalue weighted by Crippen LogP contribution is -2.03. The molecule has 1 aromatic carbocycles. The first kappa shape index (κ1) is 9.60. The van der Waals surface area contributed by atoms with E-state index in [9.17, 15) is 4.79 Å². The van der Waals surface area contributed by atoms with Crippen molar-refractivity contribution in [3.63, 3.8) is 0 Å². The molecule has 2 aromatic rings. The highest BCUT2D eigenvalue weighted by Crippen LogP contribution is 2.32. The fourth-order valence-electron chi connectivity index (χ4n) is 1.96. The minimum Gasteiger partial charge on any atom is -0.326 e. The standard InChI is InChI=1S/C13H11NOS/c1-8-2-5-12(16-8)10-4-3-9-7-13(15)14-11(9)6-10/h2-6H,7H2,1H3,(H,14,15). The Bertz CT molecular complexity index is 571. The number of fused-ring (bicyclic) bond motifs is 1. The van der Waals surface area contributed by atoms with Gasteiger partial charge in [-0.25, -0.2) is 0 Å². The number of amides is 1. The van der Waals surface area contributed by atoms with Crippen LogP contribution in [0.5, 0.6) is 0 Å². The zero-order valence-corrected chi connectivity index (χ0v) is 9.73. The van der Waals surface area contributed by atoms with Gasteiger partial charge >= 0.3 is 0 Å². The van der Waals surface area contributed by atoms with Crippen LogP contribution in [0.25, 0.3) is 10.4 Å². The number of benzene rings is 1. The number of nitrogens with one attached hydrogen (secondary N) is 1. The average molecular weight is 229 g/mol. The van der Waals surface area contributed by atoms with Crippen LogP contribution in [0.15, 0.2) is 30.3 Å². The van der Waals surface area contributed by atoms with Crippen LogP contribution in [0.2, 0.25) is 0 Å². The summed E-state index contributed by atoms with van der Waals surface area (Å²) in [5, 5.41) is 2.88. The number of anilines is 1. The maximum absolute atomic E-state index is 11.2. The third kappa shape index (κ3) is 1.53. The van der Waals surface area contributed by atoms with E-state index >= 15 is 0 Å². The van der Waals surface area contributed by atoms with Crippen molar-refractivity contribution in [1.82, 2.24) is 0 Å². The Morgan fingerprint density at radius 2 is 2.12 bits per heavy atom. The lowest BCUT2D eigenvalue weighted by atomic mass is 10.1. The van der Waals surface area contributed by atoms with Gasteiger partial charge in [-0.05, 0) is 36.2 Å². The predicted octanol–water partition coefficient (Wildman–Crippen LogP) is 3.22. The van der Waals surface area contributed by atoms with Crippen molar-refractivity contribution in [2.24, 2.45) is 0 Å². The predicted molar refractivity (Wildman–Crippen MR) is 66.8 cm³/mol. The minimum absolute atomic E-state index is 0.0921. The number of hydrogen-bond donors (Lipinski definition) is 1. The average Bonchev–Trinajstić information content (AvgIpc) is 2.81. The Morgan fingerprint density at radius 3 is 2.88 bits per heavy atom. The molecule has 16 heavy (non-hydrogen) atoms. The monoisotopic (exact) mass is 229 g/mol. The van der Waals surface area contributed by atoms with Gasteiger partial charge in [0, 0.05) is 15.4 Å². The maximum atomic E-state index is 11.2. The zero-order valence-electron chi connectivity index (χ0n) is 8.91. The normalized spacial score (nSPS) is 13.7. The molecule has 0 aliphatic carbocycles. The molecule has 0 fully saturated rings. The van der Waals surface area contributed by atoms with Gasteiger partial charge in [0.2, 0.25) is 5.91 Å². The number of hydrogen-bond acceptors (Lipinski definition) is 2. The molecule has 0 atom stereocenters. The molecule has 1 aliphatic heterocycles. The van der Waals surface area contributed by atoms with Gasteiger partial charge in [0.05, 0.1) is 6.42 Å². The molecule has 0 radical (unpaired) electrons. The van der Waals surface area contributed by atoms with Crippen LogP contribution in [-0.4, -0.2) is 5.91 Å². The van der Waals surface area contributed by atoms with E-state index in [1.807, 2.05) is 6.07 Å². The minimum atomic E-state index is 0.0921.